The van der Waals surface area contributed by atoms with Crippen LogP contribution in [0.3, 0.4) is 0 Å². The first-order valence-corrected chi connectivity index (χ1v) is 4.83. The van der Waals surface area contributed by atoms with E-state index in [0.717, 1.165) is 11.5 Å². The second-order valence-corrected chi connectivity index (χ2v) is 3.61. The highest BCUT2D eigenvalue weighted by molar-refractivity contribution is 6.21. The van der Waals surface area contributed by atoms with E-state index in [-0.39, 0.29) is 5.38 Å². The van der Waals surface area contributed by atoms with E-state index in [1.165, 1.54) is 0 Å². The first-order valence-electron chi connectivity index (χ1n) is 4.39. The van der Waals surface area contributed by atoms with Gasteiger partial charge in [0.15, 0.2) is 0 Å². The number of methoxy groups -OCH3 is 1. The van der Waals surface area contributed by atoms with Gasteiger partial charge in [-0.05, 0) is 19.1 Å². The van der Waals surface area contributed by atoms with E-state index < -0.39 is 0 Å². The largest absolute Gasteiger partial charge is 0.383 e. The molecule has 5 heteroatoms. The molecule has 4 nitrogen and oxygen atoms in total. The van der Waals surface area contributed by atoms with Crippen LogP contribution in [0, 0.1) is 6.92 Å². The van der Waals surface area contributed by atoms with Gasteiger partial charge in [-0.15, -0.1) is 16.7 Å². The molecule has 1 aromatic rings. The van der Waals surface area contributed by atoms with Gasteiger partial charge in [0.1, 0.15) is 5.82 Å². The molecule has 0 fully saturated rings. The molecule has 78 valence electrons. The highest BCUT2D eigenvalue weighted by Gasteiger charge is 2.03. The molecule has 1 N–H and O–H groups in total. The van der Waals surface area contributed by atoms with Crippen LogP contribution in [-0.4, -0.2) is 35.8 Å². The molecule has 14 heavy (non-hydrogen) atoms. The van der Waals surface area contributed by atoms with Crippen molar-refractivity contribution in [2.75, 3.05) is 25.6 Å². The molecule has 0 saturated heterocycles. The maximum atomic E-state index is 5.93. The molecule has 0 spiro atoms. The van der Waals surface area contributed by atoms with Crippen molar-refractivity contribution in [3.63, 3.8) is 0 Å². The smallest absolute Gasteiger partial charge is 0.148 e. The number of ether oxygens (including phenoxy) is 1. The van der Waals surface area contributed by atoms with Gasteiger partial charge in [0.05, 0.1) is 17.7 Å². The number of hydrogen-bond donors (Lipinski definition) is 1. The van der Waals surface area contributed by atoms with E-state index in [4.69, 9.17) is 16.3 Å². The molecule has 0 aliphatic rings. The second-order valence-electron chi connectivity index (χ2n) is 2.99. The molecule has 1 unspecified atom stereocenters. The number of hydrogen-bond acceptors (Lipinski definition) is 4. The zero-order chi connectivity index (χ0) is 10.4. The SMILES string of the molecule is COCC(Cl)CNc1ccc(C)nn1. The molecule has 0 aromatic carbocycles. The van der Waals surface area contributed by atoms with Gasteiger partial charge < -0.3 is 10.1 Å². The lowest BCUT2D eigenvalue weighted by molar-refractivity contribution is 0.200. The van der Waals surface area contributed by atoms with Crippen LogP contribution >= 0.6 is 11.6 Å². The summed E-state index contributed by atoms with van der Waals surface area (Å²) in [5, 5.41) is 10.9. The summed E-state index contributed by atoms with van der Waals surface area (Å²) in [7, 11) is 1.63. The first-order chi connectivity index (χ1) is 6.72. The van der Waals surface area contributed by atoms with Crippen LogP contribution in [0.2, 0.25) is 0 Å². The molecule has 0 saturated carbocycles. The monoisotopic (exact) mass is 215 g/mol. The third kappa shape index (κ3) is 3.89. The third-order valence-electron chi connectivity index (χ3n) is 1.65. The second kappa shape index (κ2) is 5.78. The van der Waals surface area contributed by atoms with E-state index in [9.17, 15) is 0 Å². The highest BCUT2D eigenvalue weighted by Crippen LogP contribution is 2.03. The van der Waals surface area contributed by atoms with E-state index >= 15 is 0 Å². The van der Waals surface area contributed by atoms with Crippen molar-refractivity contribution in [1.82, 2.24) is 10.2 Å². The Kier molecular flexibility index (Phi) is 4.62. The van der Waals surface area contributed by atoms with Gasteiger partial charge in [0, 0.05) is 13.7 Å². The summed E-state index contributed by atoms with van der Waals surface area (Å²) in [6.07, 6.45) is 0. The number of anilines is 1. The predicted octanol–water partition coefficient (Wildman–Crippen LogP) is 1.45. The minimum absolute atomic E-state index is 0.0527. The summed E-state index contributed by atoms with van der Waals surface area (Å²) in [6.45, 7) is 3.03. The summed E-state index contributed by atoms with van der Waals surface area (Å²) in [5.74, 6) is 0.734. The van der Waals surface area contributed by atoms with Gasteiger partial charge in [-0.3, -0.25) is 0 Å². The molecule has 0 aliphatic carbocycles. The van der Waals surface area contributed by atoms with E-state index in [0.29, 0.717) is 13.2 Å². The molecule has 0 radical (unpaired) electrons. The summed E-state index contributed by atoms with van der Waals surface area (Å²) < 4.78 is 4.90. The first kappa shape index (κ1) is 11.2. The molecule has 1 heterocycles. The quantitative estimate of drug-likeness (QED) is 0.756. The topological polar surface area (TPSA) is 47.0 Å². The lowest BCUT2D eigenvalue weighted by Gasteiger charge is -2.09. The molecule has 1 rings (SSSR count). The van der Waals surface area contributed by atoms with E-state index in [2.05, 4.69) is 15.5 Å². The number of nitrogens with one attached hydrogen (secondary N) is 1. The fourth-order valence-electron chi connectivity index (χ4n) is 0.948. The number of nitrogens with zero attached hydrogens (tertiary/aromatic N) is 2. The standard InChI is InChI=1S/C9H14ClN3O/c1-7-3-4-9(13-12-7)11-5-8(10)6-14-2/h3-4,8H,5-6H2,1-2H3,(H,11,13). The molecular formula is C9H14ClN3O. The average molecular weight is 216 g/mol. The summed E-state index contributed by atoms with van der Waals surface area (Å²) in [4.78, 5) is 0. The zero-order valence-corrected chi connectivity index (χ0v) is 9.08. The number of aromatic nitrogens is 2. The van der Waals surface area contributed by atoms with Crippen molar-refractivity contribution < 1.29 is 4.74 Å². The normalized spacial score (nSPS) is 12.5. The molecule has 0 aliphatic heterocycles. The van der Waals surface area contributed by atoms with Crippen molar-refractivity contribution in [2.24, 2.45) is 0 Å². The summed E-state index contributed by atoms with van der Waals surface area (Å²) in [6, 6.07) is 3.77. The van der Waals surface area contributed by atoms with Crippen LogP contribution in [0.5, 0.6) is 0 Å². The van der Waals surface area contributed by atoms with Crippen LogP contribution in [0.15, 0.2) is 12.1 Å². The molecule has 1 aromatic heterocycles. The Hall–Kier alpha value is -0.870. The van der Waals surface area contributed by atoms with Gasteiger partial charge in [-0.1, -0.05) is 0 Å². The maximum Gasteiger partial charge on any atom is 0.148 e. The predicted molar refractivity (Wildman–Crippen MR) is 56.8 cm³/mol. The molecule has 1 atom stereocenters. The van der Waals surface area contributed by atoms with Gasteiger partial charge in [0.25, 0.3) is 0 Å². The number of rotatable bonds is 5. The Balaban J connectivity index is 2.34. The number of halogens is 1. The minimum Gasteiger partial charge on any atom is -0.383 e. The van der Waals surface area contributed by atoms with Crippen LogP contribution in [-0.2, 0) is 4.74 Å². The Bertz CT molecular complexity index is 265. The van der Waals surface area contributed by atoms with Crippen molar-refractivity contribution in [3.05, 3.63) is 17.8 Å². The van der Waals surface area contributed by atoms with Gasteiger partial charge in [-0.25, -0.2) is 0 Å². The minimum atomic E-state index is -0.0527. The Morgan fingerprint density at radius 2 is 2.29 bits per heavy atom. The van der Waals surface area contributed by atoms with Crippen LogP contribution < -0.4 is 5.32 Å². The zero-order valence-electron chi connectivity index (χ0n) is 8.33. The van der Waals surface area contributed by atoms with Crippen molar-refractivity contribution in [2.45, 2.75) is 12.3 Å². The summed E-state index contributed by atoms with van der Waals surface area (Å²) in [5.41, 5.74) is 0.898. The van der Waals surface area contributed by atoms with Gasteiger partial charge >= 0.3 is 0 Å². The van der Waals surface area contributed by atoms with E-state index in [1.807, 2.05) is 19.1 Å². The average Bonchev–Trinajstić information content (AvgIpc) is 2.17. The van der Waals surface area contributed by atoms with Crippen molar-refractivity contribution >= 4 is 17.4 Å². The molecular weight excluding hydrogens is 202 g/mol. The van der Waals surface area contributed by atoms with Gasteiger partial charge in [-0.2, -0.15) is 5.10 Å². The molecule has 0 amide bonds. The maximum absolute atomic E-state index is 5.93. The van der Waals surface area contributed by atoms with Crippen molar-refractivity contribution in [1.29, 1.82) is 0 Å². The van der Waals surface area contributed by atoms with Crippen LogP contribution in [0.25, 0.3) is 0 Å². The molecule has 0 bridgehead atoms. The Labute approximate surface area is 88.6 Å². The summed E-state index contributed by atoms with van der Waals surface area (Å²) >= 11 is 5.93. The van der Waals surface area contributed by atoms with Gasteiger partial charge in [0.2, 0.25) is 0 Å². The third-order valence-corrected chi connectivity index (χ3v) is 1.93. The lowest BCUT2D eigenvalue weighted by Crippen LogP contribution is -2.19. The lowest BCUT2D eigenvalue weighted by atomic mass is 10.4. The number of aryl methyl sites for hydroxylation is 1. The highest BCUT2D eigenvalue weighted by atomic mass is 35.5. The number of alkyl halides is 1. The Morgan fingerprint density at radius 3 is 2.86 bits per heavy atom. The fraction of sp³-hybridized carbons (Fsp3) is 0.556. The Morgan fingerprint density at radius 1 is 1.50 bits per heavy atom. The van der Waals surface area contributed by atoms with Crippen LogP contribution in [0.1, 0.15) is 5.69 Å². The van der Waals surface area contributed by atoms with Crippen molar-refractivity contribution in [3.8, 4) is 0 Å². The fourth-order valence-corrected chi connectivity index (χ4v) is 1.15. The van der Waals surface area contributed by atoms with Crippen LogP contribution in [0.4, 0.5) is 5.82 Å². The van der Waals surface area contributed by atoms with E-state index in [1.54, 1.807) is 7.11 Å².